The number of carboxylic acids is 2. The first-order valence-electron chi connectivity index (χ1n) is 11.3. The van der Waals surface area contributed by atoms with E-state index in [4.69, 9.17) is 0 Å². The summed E-state index contributed by atoms with van der Waals surface area (Å²) in [6, 6.07) is 6.42. The van der Waals surface area contributed by atoms with Gasteiger partial charge in [0.25, 0.3) is 0 Å². The first-order chi connectivity index (χ1) is 15.8. The lowest BCUT2D eigenvalue weighted by atomic mass is 10.0. The maximum atomic E-state index is 12.7. The minimum Gasteiger partial charge on any atom is -0.480 e. The molecule has 2 aliphatic heterocycles. The normalized spacial score (nSPS) is 19.6. The zero-order valence-electron chi connectivity index (χ0n) is 18.9. The van der Waals surface area contributed by atoms with Gasteiger partial charge in [0.15, 0.2) is 0 Å². The summed E-state index contributed by atoms with van der Waals surface area (Å²) in [5.41, 5.74) is 1.30. The lowest BCUT2D eigenvalue weighted by Gasteiger charge is -2.39. The number of para-hydroxylation sites is 1. The number of hydrogen-bond donors (Lipinski definition) is 2. The van der Waals surface area contributed by atoms with E-state index in [1.165, 1.54) is 0 Å². The van der Waals surface area contributed by atoms with Crippen molar-refractivity contribution in [2.45, 2.75) is 12.6 Å². The second-order valence-corrected chi connectivity index (χ2v) is 8.86. The minimum atomic E-state index is -0.979. The zero-order valence-corrected chi connectivity index (χ0v) is 18.9. The van der Waals surface area contributed by atoms with Crippen LogP contribution in [0.15, 0.2) is 30.5 Å². The SMILES string of the molecule is CN1CCN(C(=O)CN2CCN([C@@H](C(=O)O)c3cn(CC(=O)O)c4ccccc34)CC2)CC1. The van der Waals surface area contributed by atoms with E-state index < -0.39 is 18.0 Å². The van der Waals surface area contributed by atoms with Crippen LogP contribution in [0.25, 0.3) is 10.9 Å². The van der Waals surface area contributed by atoms with Crippen molar-refractivity contribution in [2.24, 2.45) is 0 Å². The molecule has 2 fully saturated rings. The molecule has 4 rings (SSSR count). The van der Waals surface area contributed by atoms with E-state index in [1.54, 1.807) is 10.8 Å². The zero-order chi connectivity index (χ0) is 23.5. The monoisotopic (exact) mass is 457 g/mol. The predicted molar refractivity (Wildman–Crippen MR) is 122 cm³/mol. The van der Waals surface area contributed by atoms with Gasteiger partial charge in [-0.2, -0.15) is 0 Å². The van der Waals surface area contributed by atoms with Gasteiger partial charge in [-0.1, -0.05) is 18.2 Å². The number of piperazine rings is 2. The van der Waals surface area contributed by atoms with Crippen LogP contribution >= 0.6 is 0 Å². The fourth-order valence-electron chi connectivity index (χ4n) is 4.78. The molecule has 3 heterocycles. The Morgan fingerprint density at radius 1 is 0.909 bits per heavy atom. The summed E-state index contributed by atoms with van der Waals surface area (Å²) in [5, 5.41) is 20.1. The largest absolute Gasteiger partial charge is 0.480 e. The molecule has 0 spiro atoms. The fourth-order valence-corrected chi connectivity index (χ4v) is 4.78. The third-order valence-corrected chi connectivity index (χ3v) is 6.64. The molecule has 1 aromatic heterocycles. The van der Waals surface area contributed by atoms with Crippen molar-refractivity contribution in [1.29, 1.82) is 0 Å². The van der Waals surface area contributed by atoms with Gasteiger partial charge in [0, 0.05) is 75.0 Å². The second kappa shape index (κ2) is 9.90. The highest BCUT2D eigenvalue weighted by Gasteiger charge is 2.33. The van der Waals surface area contributed by atoms with Gasteiger partial charge in [-0.3, -0.25) is 24.2 Å². The van der Waals surface area contributed by atoms with Gasteiger partial charge in [-0.25, -0.2) is 0 Å². The molecule has 1 atom stereocenters. The molecule has 0 bridgehead atoms. The summed E-state index contributed by atoms with van der Waals surface area (Å²) in [7, 11) is 2.05. The quantitative estimate of drug-likeness (QED) is 0.609. The van der Waals surface area contributed by atoms with Crippen molar-refractivity contribution in [3.05, 3.63) is 36.0 Å². The Kier molecular flexibility index (Phi) is 6.96. The van der Waals surface area contributed by atoms with Crippen molar-refractivity contribution in [3.63, 3.8) is 0 Å². The number of nitrogens with zero attached hydrogens (tertiary/aromatic N) is 5. The van der Waals surface area contributed by atoms with Crippen molar-refractivity contribution in [1.82, 2.24) is 24.2 Å². The Bertz CT molecular complexity index is 1020. The topological polar surface area (TPSA) is 110 Å². The molecule has 10 heteroatoms. The maximum Gasteiger partial charge on any atom is 0.325 e. The van der Waals surface area contributed by atoms with Gasteiger partial charge >= 0.3 is 11.9 Å². The molecule has 0 saturated carbocycles. The number of carbonyl (C=O) groups excluding carboxylic acids is 1. The van der Waals surface area contributed by atoms with Gasteiger partial charge in [0.05, 0.1) is 6.54 Å². The number of aromatic nitrogens is 1. The number of carboxylic acid groups (broad SMARTS) is 2. The van der Waals surface area contributed by atoms with Gasteiger partial charge in [-0.05, 0) is 13.1 Å². The van der Waals surface area contributed by atoms with Crippen LogP contribution in [-0.4, -0.2) is 118 Å². The van der Waals surface area contributed by atoms with Crippen LogP contribution in [0.4, 0.5) is 0 Å². The van der Waals surface area contributed by atoms with Crippen LogP contribution < -0.4 is 0 Å². The maximum absolute atomic E-state index is 12.7. The van der Waals surface area contributed by atoms with E-state index in [0.717, 1.165) is 31.6 Å². The molecular formula is C23H31N5O5. The molecule has 2 aromatic rings. The summed E-state index contributed by atoms with van der Waals surface area (Å²) >= 11 is 0. The summed E-state index contributed by atoms with van der Waals surface area (Å²) in [6.45, 7) is 5.64. The third kappa shape index (κ3) is 5.18. The molecule has 33 heavy (non-hydrogen) atoms. The van der Waals surface area contributed by atoms with Crippen molar-refractivity contribution >= 4 is 28.7 Å². The highest BCUT2D eigenvalue weighted by Crippen LogP contribution is 2.31. The van der Waals surface area contributed by atoms with Crippen LogP contribution in [0.2, 0.25) is 0 Å². The Morgan fingerprint density at radius 3 is 2.21 bits per heavy atom. The number of hydrogen-bond acceptors (Lipinski definition) is 6. The number of likely N-dealkylation sites (N-methyl/N-ethyl adjacent to an activating group) is 1. The molecule has 2 N–H and O–H groups in total. The Labute approximate surface area is 192 Å². The molecule has 0 radical (unpaired) electrons. The van der Waals surface area contributed by atoms with Crippen molar-refractivity contribution in [3.8, 4) is 0 Å². The number of amides is 1. The van der Waals surface area contributed by atoms with E-state index in [9.17, 15) is 24.6 Å². The van der Waals surface area contributed by atoms with Crippen LogP contribution in [0.5, 0.6) is 0 Å². The smallest absolute Gasteiger partial charge is 0.325 e. The Balaban J connectivity index is 1.45. The first kappa shape index (κ1) is 23.2. The molecule has 2 saturated heterocycles. The van der Waals surface area contributed by atoms with E-state index in [-0.39, 0.29) is 12.5 Å². The summed E-state index contributed by atoms with van der Waals surface area (Å²) in [5.74, 6) is -1.81. The number of fused-ring (bicyclic) bond motifs is 1. The molecule has 1 amide bonds. The number of carbonyl (C=O) groups is 3. The summed E-state index contributed by atoms with van der Waals surface area (Å²) in [6.07, 6.45) is 1.65. The molecule has 178 valence electrons. The molecular weight excluding hydrogens is 426 g/mol. The lowest BCUT2D eigenvalue weighted by molar-refractivity contribution is -0.145. The van der Waals surface area contributed by atoms with Crippen LogP contribution in [0.3, 0.4) is 0 Å². The molecule has 0 unspecified atom stereocenters. The fraction of sp³-hybridized carbons (Fsp3) is 0.522. The van der Waals surface area contributed by atoms with E-state index in [2.05, 4.69) is 16.8 Å². The van der Waals surface area contributed by atoms with Gasteiger partial charge in [0.1, 0.15) is 12.6 Å². The van der Waals surface area contributed by atoms with Gasteiger partial charge in [0.2, 0.25) is 5.91 Å². The Hall–Kier alpha value is -2.95. The molecule has 0 aliphatic carbocycles. The van der Waals surface area contributed by atoms with E-state index >= 15 is 0 Å². The first-order valence-corrected chi connectivity index (χ1v) is 11.3. The van der Waals surface area contributed by atoms with Gasteiger partial charge in [-0.15, -0.1) is 0 Å². The van der Waals surface area contributed by atoms with Crippen molar-refractivity contribution in [2.75, 3.05) is 66.0 Å². The van der Waals surface area contributed by atoms with Crippen molar-refractivity contribution < 1.29 is 24.6 Å². The molecule has 10 nitrogen and oxygen atoms in total. The van der Waals surface area contributed by atoms with Crippen LogP contribution in [0, 0.1) is 0 Å². The molecule has 2 aliphatic rings. The summed E-state index contributed by atoms with van der Waals surface area (Å²) in [4.78, 5) is 44.4. The number of benzene rings is 1. The van der Waals surface area contributed by atoms with Crippen LogP contribution in [-0.2, 0) is 20.9 Å². The predicted octanol–water partition coefficient (Wildman–Crippen LogP) is 0.243. The highest BCUT2D eigenvalue weighted by molar-refractivity contribution is 5.90. The lowest BCUT2D eigenvalue weighted by Crippen LogP contribution is -2.54. The molecule has 1 aromatic carbocycles. The highest BCUT2D eigenvalue weighted by atomic mass is 16.4. The average Bonchev–Trinajstić information content (AvgIpc) is 3.13. The number of aliphatic carboxylic acids is 2. The number of rotatable bonds is 7. The second-order valence-electron chi connectivity index (χ2n) is 8.86. The third-order valence-electron chi connectivity index (χ3n) is 6.64. The standard InChI is InChI=1S/C23H31N5O5/c1-24-6-10-26(11-7-24)20(29)15-25-8-12-27(13-9-25)22(23(32)33)18-14-28(16-21(30)31)19-5-3-2-4-17(18)19/h2-5,14,22H,6-13,15-16H2,1H3,(H,30,31)(H,32,33)/t22-/m1/s1. The average molecular weight is 458 g/mol. The van der Waals surface area contributed by atoms with E-state index in [0.29, 0.717) is 43.8 Å². The van der Waals surface area contributed by atoms with Gasteiger partial charge < -0.3 is 24.6 Å². The minimum absolute atomic E-state index is 0.128. The van der Waals surface area contributed by atoms with Crippen LogP contribution in [0.1, 0.15) is 11.6 Å². The Morgan fingerprint density at radius 2 is 1.58 bits per heavy atom. The van der Waals surface area contributed by atoms with E-state index in [1.807, 2.05) is 34.1 Å². The summed E-state index contributed by atoms with van der Waals surface area (Å²) < 4.78 is 1.59.